The molecular weight excluding hydrogens is 355 g/mol. The van der Waals surface area contributed by atoms with Crippen molar-refractivity contribution in [3.63, 3.8) is 0 Å². The average molecular weight is 365 g/mol. The monoisotopic (exact) mass is 365 g/mol. The number of hydrogen-bond donors (Lipinski definition) is 3. The number of alkyl halides is 3. The van der Waals surface area contributed by atoms with Gasteiger partial charge in [-0.3, -0.25) is 4.55 Å². The van der Waals surface area contributed by atoms with Crippen molar-refractivity contribution in [2.24, 2.45) is 0 Å². The first kappa shape index (κ1) is 17.8. The van der Waals surface area contributed by atoms with Crippen molar-refractivity contribution in [2.45, 2.75) is 13.1 Å². The number of carbonyl (C=O) groups is 1. The van der Waals surface area contributed by atoms with Gasteiger partial charge in [0.2, 0.25) is 5.76 Å². The molecule has 0 fully saturated rings. The third kappa shape index (κ3) is 3.36. The van der Waals surface area contributed by atoms with Gasteiger partial charge in [-0.1, -0.05) is 0 Å². The molecule has 0 aliphatic rings. The summed E-state index contributed by atoms with van der Waals surface area (Å²) in [6.07, 6.45) is -4.93. The second kappa shape index (κ2) is 6.17. The molecule has 130 valence electrons. The standard InChI is InChI=1S/C13H10F3NO6S/c1-6-4-9(11(23-6)13(14,15)16)17(24(21)22)7-2-3-8(12(19)20)10(18)5-7/h2-5,18H,1H3,(H,19,20)(H,21,22). The summed E-state index contributed by atoms with van der Waals surface area (Å²) in [5.41, 5.74) is -1.59. The van der Waals surface area contributed by atoms with Crippen molar-refractivity contribution >= 4 is 28.6 Å². The number of aromatic hydroxyl groups is 1. The summed E-state index contributed by atoms with van der Waals surface area (Å²) < 4.78 is 64.9. The molecule has 0 spiro atoms. The van der Waals surface area contributed by atoms with Gasteiger partial charge in [-0.25, -0.2) is 13.3 Å². The van der Waals surface area contributed by atoms with Crippen LogP contribution in [0.4, 0.5) is 24.5 Å². The highest BCUT2D eigenvalue weighted by Gasteiger charge is 2.41. The topological polar surface area (TPSA) is 111 Å². The van der Waals surface area contributed by atoms with Crippen LogP contribution in [0.3, 0.4) is 0 Å². The van der Waals surface area contributed by atoms with Crippen LogP contribution in [0.25, 0.3) is 0 Å². The van der Waals surface area contributed by atoms with Crippen molar-refractivity contribution in [3.05, 3.63) is 41.3 Å². The zero-order valence-electron chi connectivity index (χ0n) is 11.9. The van der Waals surface area contributed by atoms with Crippen LogP contribution in [0.15, 0.2) is 28.7 Å². The van der Waals surface area contributed by atoms with E-state index in [9.17, 15) is 31.8 Å². The second-order valence-electron chi connectivity index (χ2n) is 4.60. The van der Waals surface area contributed by atoms with E-state index in [1.165, 1.54) is 6.92 Å². The summed E-state index contributed by atoms with van der Waals surface area (Å²) in [6.45, 7) is 1.22. The third-order valence-corrected chi connectivity index (χ3v) is 3.63. The summed E-state index contributed by atoms with van der Waals surface area (Å²) >= 11 is -2.95. The van der Waals surface area contributed by atoms with Crippen LogP contribution in [0.2, 0.25) is 0 Å². The molecule has 0 aliphatic carbocycles. The van der Waals surface area contributed by atoms with Gasteiger partial charge >= 0.3 is 12.1 Å². The number of aryl methyl sites for hydroxylation is 1. The fraction of sp³-hybridized carbons (Fsp3) is 0.154. The number of rotatable bonds is 4. The van der Waals surface area contributed by atoms with E-state index in [1.807, 2.05) is 0 Å². The summed E-state index contributed by atoms with van der Waals surface area (Å²) in [7, 11) is 0. The Balaban J connectivity index is 2.63. The van der Waals surface area contributed by atoms with Crippen molar-refractivity contribution < 1.29 is 41.4 Å². The highest BCUT2D eigenvalue weighted by atomic mass is 32.2. The molecule has 0 saturated carbocycles. The lowest BCUT2D eigenvalue weighted by Crippen LogP contribution is -2.22. The zero-order valence-corrected chi connectivity index (χ0v) is 12.7. The molecule has 0 aliphatic heterocycles. The quantitative estimate of drug-likeness (QED) is 0.717. The Hall–Kier alpha value is -2.53. The molecule has 2 aromatic rings. The lowest BCUT2D eigenvalue weighted by Gasteiger charge is -2.20. The minimum Gasteiger partial charge on any atom is -0.507 e. The second-order valence-corrected chi connectivity index (χ2v) is 5.43. The maximum absolute atomic E-state index is 13.0. The Morgan fingerprint density at radius 1 is 1.29 bits per heavy atom. The Kier molecular flexibility index (Phi) is 4.58. The van der Waals surface area contributed by atoms with Crippen molar-refractivity contribution in [1.29, 1.82) is 0 Å². The lowest BCUT2D eigenvalue weighted by atomic mass is 10.1. The van der Waals surface area contributed by atoms with E-state index in [-0.39, 0.29) is 11.4 Å². The third-order valence-electron chi connectivity index (χ3n) is 2.91. The first-order valence-corrected chi connectivity index (χ1v) is 7.23. The Bertz CT molecular complexity index is 817. The number of hydrogen-bond acceptors (Lipinski definition) is 4. The summed E-state index contributed by atoms with van der Waals surface area (Å²) in [5.74, 6) is -3.89. The number of nitrogens with zero attached hydrogens (tertiary/aromatic N) is 1. The van der Waals surface area contributed by atoms with Crippen LogP contribution >= 0.6 is 0 Å². The Morgan fingerprint density at radius 3 is 2.38 bits per heavy atom. The smallest absolute Gasteiger partial charge is 0.451 e. The van der Waals surface area contributed by atoms with E-state index in [1.54, 1.807) is 0 Å². The molecule has 1 atom stereocenters. The molecule has 0 bridgehead atoms. The number of anilines is 2. The van der Waals surface area contributed by atoms with Crippen molar-refractivity contribution in [3.8, 4) is 5.75 Å². The predicted octanol–water partition coefficient (Wildman–Crippen LogP) is 3.29. The van der Waals surface area contributed by atoms with Crippen LogP contribution in [0.1, 0.15) is 21.9 Å². The number of furan rings is 1. The first-order chi connectivity index (χ1) is 11.0. The molecule has 24 heavy (non-hydrogen) atoms. The molecule has 1 unspecified atom stereocenters. The highest BCUT2D eigenvalue weighted by molar-refractivity contribution is 7.81. The normalized spacial score (nSPS) is 12.9. The van der Waals surface area contributed by atoms with E-state index in [0.29, 0.717) is 4.31 Å². The minimum absolute atomic E-state index is 0.154. The van der Waals surface area contributed by atoms with Crippen LogP contribution in [-0.4, -0.2) is 24.9 Å². The summed E-state index contributed by atoms with van der Waals surface area (Å²) in [6, 6.07) is 3.55. The number of aromatic carboxylic acids is 1. The van der Waals surface area contributed by atoms with E-state index < -0.39 is 46.2 Å². The van der Waals surface area contributed by atoms with Gasteiger partial charge in [0, 0.05) is 12.1 Å². The fourth-order valence-corrected chi connectivity index (χ4v) is 2.59. The molecular formula is C13H10F3NO6S. The van der Waals surface area contributed by atoms with Crippen LogP contribution in [0, 0.1) is 6.92 Å². The predicted molar refractivity (Wildman–Crippen MR) is 76.4 cm³/mol. The molecule has 7 nitrogen and oxygen atoms in total. The van der Waals surface area contributed by atoms with E-state index in [4.69, 9.17) is 5.11 Å². The molecule has 0 saturated heterocycles. The summed E-state index contributed by atoms with van der Waals surface area (Å²) in [5, 5.41) is 18.5. The van der Waals surface area contributed by atoms with Gasteiger partial charge in [0.25, 0.3) is 11.3 Å². The van der Waals surface area contributed by atoms with Crippen LogP contribution in [-0.2, 0) is 17.4 Å². The Morgan fingerprint density at radius 2 is 1.92 bits per heavy atom. The Labute approximate surface area is 135 Å². The van der Waals surface area contributed by atoms with Crippen molar-refractivity contribution in [1.82, 2.24) is 0 Å². The molecule has 1 aromatic heterocycles. The van der Waals surface area contributed by atoms with Gasteiger partial charge < -0.3 is 14.6 Å². The number of phenols is 1. The number of carboxylic acid groups (broad SMARTS) is 1. The van der Waals surface area contributed by atoms with Gasteiger partial charge in [0.05, 0.1) is 5.69 Å². The summed E-state index contributed by atoms with van der Waals surface area (Å²) in [4.78, 5) is 10.8. The first-order valence-electron chi connectivity index (χ1n) is 6.17. The zero-order chi connectivity index (χ0) is 18.2. The van der Waals surface area contributed by atoms with E-state index >= 15 is 0 Å². The number of benzene rings is 1. The molecule has 0 radical (unpaired) electrons. The fourth-order valence-electron chi connectivity index (χ4n) is 2.00. The lowest BCUT2D eigenvalue weighted by molar-refractivity contribution is -0.152. The van der Waals surface area contributed by atoms with Gasteiger partial charge in [-0.2, -0.15) is 13.2 Å². The molecule has 11 heteroatoms. The number of halogens is 3. The molecule has 3 N–H and O–H groups in total. The maximum atomic E-state index is 13.0. The van der Waals surface area contributed by atoms with Crippen LogP contribution < -0.4 is 4.31 Å². The molecule has 1 heterocycles. The van der Waals surface area contributed by atoms with Crippen LogP contribution in [0.5, 0.6) is 5.75 Å². The van der Waals surface area contributed by atoms with E-state index in [2.05, 4.69) is 4.42 Å². The number of carboxylic acids is 1. The van der Waals surface area contributed by atoms with Gasteiger partial charge in [-0.05, 0) is 19.1 Å². The van der Waals surface area contributed by atoms with Gasteiger partial charge in [-0.15, -0.1) is 0 Å². The maximum Gasteiger partial charge on any atom is 0.451 e. The molecule has 2 rings (SSSR count). The average Bonchev–Trinajstić information content (AvgIpc) is 2.80. The minimum atomic E-state index is -4.93. The van der Waals surface area contributed by atoms with E-state index in [0.717, 1.165) is 24.3 Å². The van der Waals surface area contributed by atoms with Gasteiger partial charge in [0.1, 0.15) is 22.8 Å². The molecule has 1 aromatic carbocycles. The molecule has 0 amide bonds. The highest BCUT2D eigenvalue weighted by Crippen LogP contribution is 2.42. The SMILES string of the molecule is Cc1cc(N(c2ccc(C(=O)O)c(O)c2)S(=O)O)c(C(F)(F)F)o1. The van der Waals surface area contributed by atoms with Gasteiger partial charge in [0.15, 0.2) is 0 Å². The largest absolute Gasteiger partial charge is 0.507 e. The van der Waals surface area contributed by atoms with Crippen molar-refractivity contribution in [2.75, 3.05) is 4.31 Å².